The number of hydrogen-bond acceptors (Lipinski definition) is 4. The molecule has 0 spiro atoms. The van der Waals surface area contributed by atoms with Crippen LogP contribution < -0.4 is 5.32 Å². The van der Waals surface area contributed by atoms with Crippen molar-refractivity contribution in [1.29, 1.82) is 0 Å². The summed E-state index contributed by atoms with van der Waals surface area (Å²) in [5.74, 6) is 0.181. The first-order valence-corrected chi connectivity index (χ1v) is 6.28. The number of allylic oxidation sites excluding steroid dienone is 1. The molecule has 0 atom stereocenters. The molecule has 2 aromatic rings. The Balaban J connectivity index is 2.28. The predicted octanol–water partition coefficient (Wildman–Crippen LogP) is 2.90. The Morgan fingerprint density at radius 3 is 2.65 bits per heavy atom. The van der Waals surface area contributed by atoms with Gasteiger partial charge in [-0.3, -0.25) is 0 Å². The minimum atomic E-state index is 0.181. The van der Waals surface area contributed by atoms with Crippen LogP contribution in [0, 0.1) is 6.92 Å². The van der Waals surface area contributed by atoms with E-state index in [1.165, 1.54) is 0 Å². The lowest BCUT2D eigenvalue weighted by atomic mass is 10.1. The van der Waals surface area contributed by atoms with Crippen molar-refractivity contribution >= 4 is 6.08 Å². The molecule has 1 aromatic heterocycles. The number of hydrogen-bond donors (Lipinski definition) is 2. The zero-order chi connectivity index (χ0) is 14.5. The molecule has 0 radical (unpaired) electrons. The van der Waals surface area contributed by atoms with Gasteiger partial charge in [0.25, 0.3) is 0 Å². The summed E-state index contributed by atoms with van der Waals surface area (Å²) >= 11 is 0. The summed E-state index contributed by atoms with van der Waals surface area (Å²) in [5.41, 5.74) is 3.87. The van der Waals surface area contributed by atoms with Gasteiger partial charge in [0, 0.05) is 18.3 Å². The molecule has 0 aliphatic carbocycles. The smallest absolute Gasteiger partial charge is 0.125 e. The summed E-state index contributed by atoms with van der Waals surface area (Å²) in [7, 11) is 1.81. The van der Waals surface area contributed by atoms with Gasteiger partial charge in [-0.25, -0.2) is 0 Å². The maximum atomic E-state index is 10.1. The van der Waals surface area contributed by atoms with Crippen LogP contribution in [0.1, 0.15) is 11.3 Å². The summed E-state index contributed by atoms with van der Waals surface area (Å²) in [6.45, 7) is 5.68. The Kier molecular flexibility index (Phi) is 4.15. The van der Waals surface area contributed by atoms with Crippen LogP contribution in [0.2, 0.25) is 0 Å². The average molecular weight is 267 g/mol. The molecule has 0 aliphatic heterocycles. The van der Waals surface area contributed by atoms with Crippen molar-refractivity contribution in [2.75, 3.05) is 7.05 Å². The zero-order valence-electron chi connectivity index (χ0n) is 11.6. The van der Waals surface area contributed by atoms with Crippen LogP contribution in [-0.2, 0) is 0 Å². The molecule has 0 bridgehead atoms. The van der Waals surface area contributed by atoms with Crippen LogP contribution >= 0.6 is 0 Å². The van der Waals surface area contributed by atoms with Gasteiger partial charge in [-0.15, -0.1) is 0 Å². The Morgan fingerprint density at radius 1 is 1.25 bits per heavy atom. The van der Waals surface area contributed by atoms with Gasteiger partial charge >= 0.3 is 0 Å². The molecule has 0 saturated heterocycles. The van der Waals surface area contributed by atoms with Gasteiger partial charge in [-0.2, -0.15) is 10.2 Å². The number of phenols is 1. The van der Waals surface area contributed by atoms with Gasteiger partial charge in [0.1, 0.15) is 5.75 Å². The lowest BCUT2D eigenvalue weighted by molar-refractivity contribution is 0.477. The highest BCUT2D eigenvalue weighted by Gasteiger charge is 2.06. The van der Waals surface area contributed by atoms with Crippen molar-refractivity contribution in [2.24, 2.45) is 0 Å². The van der Waals surface area contributed by atoms with Gasteiger partial charge in [-0.05, 0) is 42.8 Å². The standard InChI is InChI=1S/C16H17N3O/c1-11(17-3)4-6-13-7-8-14(16(20)10-13)15-9-5-12(2)18-19-15/h4-10,17,20H,1H2,2-3H3/b6-4+. The van der Waals surface area contributed by atoms with Crippen molar-refractivity contribution in [3.05, 3.63) is 59.9 Å². The molecular weight excluding hydrogens is 250 g/mol. The lowest BCUT2D eigenvalue weighted by Crippen LogP contribution is -2.00. The van der Waals surface area contributed by atoms with Gasteiger partial charge < -0.3 is 10.4 Å². The minimum Gasteiger partial charge on any atom is -0.507 e. The van der Waals surface area contributed by atoms with E-state index in [1.54, 1.807) is 6.07 Å². The number of aromatic hydroxyl groups is 1. The number of nitrogens with one attached hydrogen (secondary N) is 1. The number of likely N-dealkylation sites (N-methyl/N-ethyl adjacent to an activating group) is 1. The third kappa shape index (κ3) is 3.23. The quantitative estimate of drug-likeness (QED) is 0.836. The van der Waals surface area contributed by atoms with Crippen LogP contribution in [0.4, 0.5) is 0 Å². The van der Waals surface area contributed by atoms with Crippen LogP contribution in [-0.4, -0.2) is 22.4 Å². The second-order valence-corrected chi connectivity index (χ2v) is 4.45. The monoisotopic (exact) mass is 267 g/mol. The molecule has 20 heavy (non-hydrogen) atoms. The van der Waals surface area contributed by atoms with E-state index in [4.69, 9.17) is 0 Å². The number of phenolic OH excluding ortho intramolecular Hbond substituents is 1. The van der Waals surface area contributed by atoms with Gasteiger partial charge in [0.15, 0.2) is 0 Å². The largest absolute Gasteiger partial charge is 0.507 e. The van der Waals surface area contributed by atoms with E-state index in [0.717, 1.165) is 17.0 Å². The Bertz CT molecular complexity index is 645. The molecule has 0 fully saturated rings. The highest BCUT2D eigenvalue weighted by molar-refractivity contribution is 5.69. The van der Waals surface area contributed by atoms with Crippen LogP contribution in [0.5, 0.6) is 5.75 Å². The molecule has 0 unspecified atom stereocenters. The molecular formula is C16H17N3O. The van der Waals surface area contributed by atoms with E-state index in [0.29, 0.717) is 11.3 Å². The molecule has 4 heteroatoms. The second-order valence-electron chi connectivity index (χ2n) is 4.45. The summed E-state index contributed by atoms with van der Waals surface area (Å²) in [6, 6.07) is 9.14. The van der Waals surface area contributed by atoms with Gasteiger partial charge in [0.2, 0.25) is 0 Å². The number of aryl methyl sites for hydroxylation is 1. The number of rotatable bonds is 4. The minimum absolute atomic E-state index is 0.181. The first-order chi connectivity index (χ1) is 9.60. The van der Waals surface area contributed by atoms with Crippen LogP contribution in [0.15, 0.2) is 48.7 Å². The Labute approximate surface area is 118 Å². The summed E-state index contributed by atoms with van der Waals surface area (Å²) in [6.07, 6.45) is 3.73. The Morgan fingerprint density at radius 2 is 2.05 bits per heavy atom. The topological polar surface area (TPSA) is 58.0 Å². The van der Waals surface area contributed by atoms with E-state index in [-0.39, 0.29) is 5.75 Å². The number of aromatic nitrogens is 2. The van der Waals surface area contributed by atoms with E-state index in [2.05, 4.69) is 22.1 Å². The molecule has 102 valence electrons. The van der Waals surface area contributed by atoms with Crippen molar-refractivity contribution in [3.8, 4) is 17.0 Å². The first kappa shape index (κ1) is 13.8. The molecule has 2 rings (SSSR count). The Hall–Kier alpha value is -2.62. The maximum absolute atomic E-state index is 10.1. The van der Waals surface area contributed by atoms with Gasteiger partial charge in [0.05, 0.1) is 11.4 Å². The van der Waals surface area contributed by atoms with Crippen molar-refractivity contribution in [3.63, 3.8) is 0 Å². The molecule has 2 N–H and O–H groups in total. The second kappa shape index (κ2) is 6.02. The lowest BCUT2D eigenvalue weighted by Gasteiger charge is -2.05. The summed E-state index contributed by atoms with van der Waals surface area (Å²) in [5, 5.41) is 21.1. The van der Waals surface area contributed by atoms with Crippen LogP contribution in [0.25, 0.3) is 17.3 Å². The van der Waals surface area contributed by atoms with E-state index in [1.807, 2.05) is 50.4 Å². The fourth-order valence-corrected chi connectivity index (χ4v) is 1.69. The molecule has 0 saturated carbocycles. The van der Waals surface area contributed by atoms with E-state index in [9.17, 15) is 5.11 Å². The summed E-state index contributed by atoms with van der Waals surface area (Å²) < 4.78 is 0. The predicted molar refractivity (Wildman–Crippen MR) is 81.1 cm³/mol. The molecule has 1 aromatic carbocycles. The number of nitrogens with zero attached hydrogens (tertiary/aromatic N) is 2. The molecule has 0 aliphatic rings. The molecule has 0 amide bonds. The molecule has 1 heterocycles. The van der Waals surface area contributed by atoms with Crippen molar-refractivity contribution in [2.45, 2.75) is 6.92 Å². The average Bonchev–Trinajstić information content (AvgIpc) is 2.46. The highest BCUT2D eigenvalue weighted by Crippen LogP contribution is 2.28. The third-order valence-electron chi connectivity index (χ3n) is 2.89. The molecule has 4 nitrogen and oxygen atoms in total. The van der Waals surface area contributed by atoms with Crippen LogP contribution in [0.3, 0.4) is 0 Å². The fourth-order valence-electron chi connectivity index (χ4n) is 1.69. The van der Waals surface area contributed by atoms with Crippen molar-refractivity contribution in [1.82, 2.24) is 15.5 Å². The normalized spacial score (nSPS) is 10.7. The zero-order valence-corrected chi connectivity index (χ0v) is 11.6. The van der Waals surface area contributed by atoms with Crippen molar-refractivity contribution < 1.29 is 5.11 Å². The third-order valence-corrected chi connectivity index (χ3v) is 2.89. The SMILES string of the molecule is C=C(/C=C/c1ccc(-c2ccc(C)nn2)c(O)c1)NC. The maximum Gasteiger partial charge on any atom is 0.125 e. The van der Waals surface area contributed by atoms with E-state index < -0.39 is 0 Å². The summed E-state index contributed by atoms with van der Waals surface area (Å²) in [4.78, 5) is 0. The number of benzene rings is 1. The van der Waals surface area contributed by atoms with Gasteiger partial charge in [-0.1, -0.05) is 18.7 Å². The highest BCUT2D eigenvalue weighted by atomic mass is 16.3. The van der Waals surface area contributed by atoms with E-state index >= 15 is 0 Å². The first-order valence-electron chi connectivity index (χ1n) is 6.28. The fraction of sp³-hybridized carbons (Fsp3) is 0.125.